The minimum Gasteiger partial charge on any atom is -0.397 e. The molecule has 2 aromatic heterocycles. The molecule has 0 aliphatic rings. The highest BCUT2D eigenvalue weighted by Gasteiger charge is 2.12. The van der Waals surface area contributed by atoms with Crippen LogP contribution in [-0.2, 0) is 13.6 Å². The molecule has 2 aromatic rings. The quantitative estimate of drug-likeness (QED) is 0.829. The SMILES string of the molecule is Cc1c(CNC(=O)c2cc(Cl)ncc2N)cnn1C. The Bertz CT molecular complexity index is 623. The Balaban J connectivity index is 2.09. The van der Waals surface area contributed by atoms with E-state index >= 15 is 0 Å². The summed E-state index contributed by atoms with van der Waals surface area (Å²) in [5, 5.41) is 7.12. The minimum atomic E-state index is -0.287. The molecule has 19 heavy (non-hydrogen) atoms. The van der Waals surface area contributed by atoms with Crippen molar-refractivity contribution in [3.05, 3.63) is 40.4 Å². The molecule has 0 saturated heterocycles. The maximum absolute atomic E-state index is 12.0. The lowest BCUT2D eigenvalue weighted by Gasteiger charge is -2.07. The number of aromatic nitrogens is 3. The molecule has 0 spiro atoms. The molecule has 6 nitrogen and oxygen atoms in total. The Morgan fingerprint density at radius 2 is 2.26 bits per heavy atom. The highest BCUT2D eigenvalue weighted by atomic mass is 35.5. The van der Waals surface area contributed by atoms with Gasteiger partial charge in [0.05, 0.1) is 23.6 Å². The van der Waals surface area contributed by atoms with Crippen LogP contribution in [-0.4, -0.2) is 20.7 Å². The van der Waals surface area contributed by atoms with E-state index in [2.05, 4.69) is 15.4 Å². The summed E-state index contributed by atoms with van der Waals surface area (Å²) in [6.07, 6.45) is 3.09. The van der Waals surface area contributed by atoms with Crippen molar-refractivity contribution >= 4 is 23.2 Å². The summed E-state index contributed by atoms with van der Waals surface area (Å²) in [5.74, 6) is -0.287. The Labute approximate surface area is 115 Å². The number of halogens is 1. The minimum absolute atomic E-state index is 0.233. The van der Waals surface area contributed by atoms with Gasteiger partial charge in [-0.25, -0.2) is 4.98 Å². The molecular weight excluding hydrogens is 266 g/mol. The van der Waals surface area contributed by atoms with Crippen molar-refractivity contribution in [1.82, 2.24) is 20.1 Å². The molecular formula is C12H14ClN5O. The second-order valence-electron chi connectivity index (χ2n) is 4.16. The van der Waals surface area contributed by atoms with Crippen molar-refractivity contribution in [1.29, 1.82) is 0 Å². The number of pyridine rings is 1. The summed E-state index contributed by atoms with van der Waals surface area (Å²) < 4.78 is 1.75. The van der Waals surface area contributed by atoms with Crippen molar-refractivity contribution in [3.63, 3.8) is 0 Å². The van der Waals surface area contributed by atoms with Crippen LogP contribution in [0.1, 0.15) is 21.6 Å². The van der Waals surface area contributed by atoms with E-state index in [1.54, 1.807) is 10.9 Å². The summed E-state index contributed by atoms with van der Waals surface area (Å²) in [5.41, 5.74) is 8.27. The topological polar surface area (TPSA) is 85.8 Å². The van der Waals surface area contributed by atoms with Crippen molar-refractivity contribution in [2.24, 2.45) is 7.05 Å². The second-order valence-corrected chi connectivity index (χ2v) is 4.54. The predicted molar refractivity (Wildman–Crippen MR) is 72.8 cm³/mol. The Kier molecular flexibility index (Phi) is 3.71. The molecule has 7 heteroatoms. The van der Waals surface area contributed by atoms with Crippen LogP contribution in [0.5, 0.6) is 0 Å². The maximum atomic E-state index is 12.0. The van der Waals surface area contributed by atoms with E-state index in [1.165, 1.54) is 12.3 Å². The molecule has 100 valence electrons. The number of hydrogen-bond acceptors (Lipinski definition) is 4. The third-order valence-corrected chi connectivity index (χ3v) is 3.13. The molecule has 2 heterocycles. The normalized spacial score (nSPS) is 10.5. The Hall–Kier alpha value is -2.08. The lowest BCUT2D eigenvalue weighted by Crippen LogP contribution is -2.24. The van der Waals surface area contributed by atoms with Gasteiger partial charge in [0, 0.05) is 24.8 Å². The fourth-order valence-electron chi connectivity index (χ4n) is 1.63. The third-order valence-electron chi connectivity index (χ3n) is 2.92. The number of amides is 1. The van der Waals surface area contributed by atoms with Crippen LogP contribution in [0.2, 0.25) is 5.15 Å². The number of carbonyl (C=O) groups is 1. The number of carbonyl (C=O) groups excluding carboxylic acids is 1. The first-order valence-corrected chi connectivity index (χ1v) is 6.03. The van der Waals surface area contributed by atoms with Crippen LogP contribution in [0.15, 0.2) is 18.5 Å². The monoisotopic (exact) mass is 279 g/mol. The summed E-state index contributed by atoms with van der Waals surface area (Å²) in [6.45, 7) is 2.32. The molecule has 1 amide bonds. The number of nitrogen functional groups attached to an aromatic ring is 1. The molecule has 0 aromatic carbocycles. The largest absolute Gasteiger partial charge is 0.397 e. The van der Waals surface area contributed by atoms with Crippen molar-refractivity contribution in [3.8, 4) is 0 Å². The van der Waals surface area contributed by atoms with E-state index in [9.17, 15) is 4.79 Å². The lowest BCUT2D eigenvalue weighted by molar-refractivity contribution is 0.0951. The van der Waals surface area contributed by atoms with E-state index in [1.807, 2.05) is 14.0 Å². The van der Waals surface area contributed by atoms with Gasteiger partial charge in [-0.1, -0.05) is 11.6 Å². The highest BCUT2D eigenvalue weighted by Crippen LogP contribution is 2.15. The maximum Gasteiger partial charge on any atom is 0.253 e. The van der Waals surface area contributed by atoms with Gasteiger partial charge in [-0.2, -0.15) is 5.10 Å². The van der Waals surface area contributed by atoms with Crippen LogP contribution in [0.3, 0.4) is 0 Å². The number of hydrogen-bond donors (Lipinski definition) is 2. The molecule has 0 atom stereocenters. The molecule has 0 radical (unpaired) electrons. The van der Waals surface area contributed by atoms with Gasteiger partial charge in [0.1, 0.15) is 5.15 Å². The number of anilines is 1. The van der Waals surface area contributed by atoms with E-state index < -0.39 is 0 Å². The second kappa shape index (κ2) is 5.27. The standard InChI is InChI=1S/C12H14ClN5O/c1-7-8(5-17-18(7)2)4-16-12(19)9-3-11(13)15-6-10(9)14/h3,5-6H,4,14H2,1-2H3,(H,16,19). The van der Waals surface area contributed by atoms with Gasteiger partial charge in [0.2, 0.25) is 0 Å². The van der Waals surface area contributed by atoms with Crippen LogP contribution in [0, 0.1) is 6.92 Å². The van der Waals surface area contributed by atoms with Crippen molar-refractivity contribution in [2.45, 2.75) is 13.5 Å². The van der Waals surface area contributed by atoms with Crippen molar-refractivity contribution in [2.75, 3.05) is 5.73 Å². The predicted octanol–water partition coefficient (Wildman–Crippen LogP) is 1.29. The van der Waals surface area contributed by atoms with Crippen LogP contribution in [0.25, 0.3) is 0 Å². The molecule has 3 N–H and O–H groups in total. The zero-order valence-electron chi connectivity index (χ0n) is 10.6. The summed E-state index contributed by atoms with van der Waals surface area (Å²) in [7, 11) is 1.85. The number of nitrogens with two attached hydrogens (primary N) is 1. The van der Waals surface area contributed by atoms with E-state index in [0.29, 0.717) is 17.8 Å². The first kappa shape index (κ1) is 13.4. The average molecular weight is 280 g/mol. The van der Waals surface area contributed by atoms with Gasteiger partial charge in [-0.3, -0.25) is 9.48 Å². The zero-order chi connectivity index (χ0) is 14.0. The first-order chi connectivity index (χ1) is 8.99. The smallest absolute Gasteiger partial charge is 0.253 e. The lowest BCUT2D eigenvalue weighted by atomic mass is 10.2. The van der Waals surface area contributed by atoms with Gasteiger partial charge in [0.15, 0.2) is 0 Å². The molecule has 0 aliphatic heterocycles. The molecule has 0 bridgehead atoms. The summed E-state index contributed by atoms with van der Waals surface area (Å²) >= 11 is 5.75. The highest BCUT2D eigenvalue weighted by molar-refractivity contribution is 6.29. The molecule has 0 saturated carbocycles. The summed E-state index contributed by atoms with van der Waals surface area (Å²) in [4.78, 5) is 15.8. The van der Waals surface area contributed by atoms with E-state index in [4.69, 9.17) is 17.3 Å². The molecule has 2 rings (SSSR count). The van der Waals surface area contributed by atoms with Crippen molar-refractivity contribution < 1.29 is 4.79 Å². The van der Waals surface area contributed by atoms with E-state index in [-0.39, 0.29) is 11.1 Å². The molecule has 0 aliphatic carbocycles. The Morgan fingerprint density at radius 3 is 2.89 bits per heavy atom. The van der Waals surface area contributed by atoms with Crippen LogP contribution >= 0.6 is 11.6 Å². The van der Waals surface area contributed by atoms with Gasteiger partial charge in [0.25, 0.3) is 5.91 Å². The zero-order valence-corrected chi connectivity index (χ0v) is 11.4. The Morgan fingerprint density at radius 1 is 1.53 bits per heavy atom. The third kappa shape index (κ3) is 2.85. The van der Waals surface area contributed by atoms with Gasteiger partial charge >= 0.3 is 0 Å². The van der Waals surface area contributed by atoms with Crippen LogP contribution < -0.4 is 11.1 Å². The van der Waals surface area contributed by atoms with Gasteiger partial charge in [-0.05, 0) is 13.0 Å². The molecule has 0 fully saturated rings. The first-order valence-electron chi connectivity index (χ1n) is 5.65. The molecule has 0 unspecified atom stereocenters. The number of nitrogens with zero attached hydrogens (tertiary/aromatic N) is 3. The van der Waals surface area contributed by atoms with Gasteiger partial charge in [-0.15, -0.1) is 0 Å². The van der Waals surface area contributed by atoms with E-state index in [0.717, 1.165) is 11.3 Å². The van der Waals surface area contributed by atoms with Crippen LogP contribution in [0.4, 0.5) is 5.69 Å². The fourth-order valence-corrected chi connectivity index (χ4v) is 1.78. The van der Waals surface area contributed by atoms with Gasteiger partial charge < -0.3 is 11.1 Å². The average Bonchev–Trinajstić information content (AvgIpc) is 2.70. The fraction of sp³-hybridized carbons (Fsp3) is 0.250. The number of aryl methyl sites for hydroxylation is 1. The number of nitrogens with one attached hydrogen (secondary N) is 1. The summed E-state index contributed by atoms with van der Waals surface area (Å²) in [6, 6.07) is 1.45. The number of rotatable bonds is 3.